The number of non-ortho nitro benzene ring substituents is 1. The number of carbonyl (C=O) groups is 3. The van der Waals surface area contributed by atoms with Crippen molar-refractivity contribution in [2.45, 2.75) is 25.9 Å². The van der Waals surface area contributed by atoms with E-state index in [1.807, 2.05) is 0 Å². The van der Waals surface area contributed by atoms with Crippen LogP contribution in [0.15, 0.2) is 42.5 Å². The third-order valence-corrected chi connectivity index (χ3v) is 4.77. The maximum atomic E-state index is 12.5. The molecule has 10 heteroatoms. The minimum atomic E-state index is -1.19. The Kier molecular flexibility index (Phi) is 6.49. The molecule has 1 heterocycles. The fraction of sp³-hybridized carbons (Fsp3) is 0.286. The third-order valence-electron chi connectivity index (χ3n) is 4.77. The molecule has 1 fully saturated rings. The second-order valence-electron chi connectivity index (χ2n) is 6.88. The first-order valence-electron chi connectivity index (χ1n) is 9.55. The highest BCUT2D eigenvalue weighted by Crippen LogP contribution is 2.29. The van der Waals surface area contributed by atoms with E-state index in [0.717, 1.165) is 12.5 Å². The molecular formula is C21H21N3O7. The van der Waals surface area contributed by atoms with Gasteiger partial charge in [-0.15, -0.1) is 0 Å². The van der Waals surface area contributed by atoms with Crippen LogP contribution in [0.4, 0.5) is 17.1 Å². The van der Waals surface area contributed by atoms with Gasteiger partial charge in [0.1, 0.15) is 5.75 Å². The van der Waals surface area contributed by atoms with E-state index in [9.17, 15) is 24.5 Å². The zero-order valence-electron chi connectivity index (χ0n) is 17.0. The van der Waals surface area contributed by atoms with Crippen LogP contribution in [0.1, 0.15) is 30.1 Å². The van der Waals surface area contributed by atoms with Gasteiger partial charge in [0, 0.05) is 30.8 Å². The monoisotopic (exact) mass is 427 g/mol. The molecule has 2 aromatic rings. The van der Waals surface area contributed by atoms with Gasteiger partial charge in [-0.2, -0.15) is 0 Å². The average Bonchev–Trinajstić information content (AvgIpc) is 3.19. The number of nitro groups is 1. The Hall–Kier alpha value is -3.95. The number of amides is 2. The van der Waals surface area contributed by atoms with Gasteiger partial charge in [-0.1, -0.05) is 6.07 Å². The first-order chi connectivity index (χ1) is 14.8. The summed E-state index contributed by atoms with van der Waals surface area (Å²) in [5.41, 5.74) is 0.647. The van der Waals surface area contributed by atoms with Crippen molar-refractivity contribution in [1.82, 2.24) is 0 Å². The van der Waals surface area contributed by atoms with Gasteiger partial charge in [-0.25, -0.2) is 4.79 Å². The molecule has 10 nitrogen and oxygen atoms in total. The predicted molar refractivity (Wildman–Crippen MR) is 111 cm³/mol. The zero-order chi connectivity index (χ0) is 22.5. The average molecular weight is 427 g/mol. The number of nitrogens with zero attached hydrogens (tertiary/aromatic N) is 2. The van der Waals surface area contributed by atoms with Crippen molar-refractivity contribution in [2.75, 3.05) is 23.9 Å². The Bertz CT molecular complexity index is 1040. The van der Waals surface area contributed by atoms with Crippen LogP contribution in [0.2, 0.25) is 0 Å². The van der Waals surface area contributed by atoms with E-state index in [0.29, 0.717) is 18.7 Å². The standard InChI is InChI=1S/C21H21N3O7/c1-13(20(26)22-17-12-16(24(28)29)8-9-18(17)30-2)31-21(27)14-5-3-6-15(11-14)23-10-4-7-19(23)25/h3,5-6,8-9,11-13H,4,7,10H2,1-2H3,(H,22,26). The lowest BCUT2D eigenvalue weighted by atomic mass is 10.2. The molecule has 2 amide bonds. The van der Waals surface area contributed by atoms with Gasteiger partial charge in [0.05, 0.1) is 23.3 Å². The molecule has 2 aromatic carbocycles. The van der Waals surface area contributed by atoms with Crippen molar-refractivity contribution >= 4 is 34.8 Å². The summed E-state index contributed by atoms with van der Waals surface area (Å²) < 4.78 is 10.3. The van der Waals surface area contributed by atoms with Crippen LogP contribution in [-0.2, 0) is 14.3 Å². The topological polar surface area (TPSA) is 128 Å². The largest absolute Gasteiger partial charge is 0.495 e. The fourth-order valence-electron chi connectivity index (χ4n) is 3.15. The number of rotatable bonds is 7. The summed E-state index contributed by atoms with van der Waals surface area (Å²) in [6.45, 7) is 1.96. The van der Waals surface area contributed by atoms with E-state index in [1.165, 1.54) is 32.2 Å². The molecule has 162 valence electrons. The number of anilines is 2. The number of esters is 1. The molecule has 1 N–H and O–H groups in total. The molecule has 1 unspecified atom stereocenters. The molecule has 1 aliphatic heterocycles. The van der Waals surface area contributed by atoms with E-state index in [4.69, 9.17) is 9.47 Å². The van der Waals surface area contributed by atoms with E-state index in [-0.39, 0.29) is 28.6 Å². The lowest BCUT2D eigenvalue weighted by Crippen LogP contribution is -2.30. The summed E-state index contributed by atoms with van der Waals surface area (Å²) in [4.78, 5) is 48.9. The Labute approximate surface area is 177 Å². The SMILES string of the molecule is COc1ccc([N+](=O)[O-])cc1NC(=O)C(C)OC(=O)c1cccc(N2CCCC2=O)c1. The van der Waals surface area contributed by atoms with Crippen LogP contribution in [-0.4, -0.2) is 42.5 Å². The smallest absolute Gasteiger partial charge is 0.338 e. The van der Waals surface area contributed by atoms with Gasteiger partial charge >= 0.3 is 5.97 Å². The first kappa shape index (κ1) is 21.8. The molecule has 0 bridgehead atoms. The van der Waals surface area contributed by atoms with E-state index >= 15 is 0 Å². The van der Waals surface area contributed by atoms with Gasteiger partial charge in [0.15, 0.2) is 6.10 Å². The molecule has 1 aliphatic rings. The Morgan fingerprint density at radius 3 is 2.65 bits per heavy atom. The molecular weight excluding hydrogens is 406 g/mol. The summed E-state index contributed by atoms with van der Waals surface area (Å²) in [5.74, 6) is -1.20. The van der Waals surface area contributed by atoms with E-state index in [2.05, 4.69) is 5.32 Å². The Morgan fingerprint density at radius 2 is 2.00 bits per heavy atom. The number of carbonyl (C=O) groups excluding carboxylic acids is 3. The van der Waals surface area contributed by atoms with Crippen molar-refractivity contribution in [3.05, 3.63) is 58.1 Å². The van der Waals surface area contributed by atoms with Crippen molar-refractivity contribution in [3.8, 4) is 5.75 Å². The van der Waals surface area contributed by atoms with Crippen LogP contribution in [0.3, 0.4) is 0 Å². The summed E-state index contributed by atoms with van der Waals surface area (Å²) >= 11 is 0. The Balaban J connectivity index is 1.69. The van der Waals surface area contributed by atoms with Crippen molar-refractivity contribution in [3.63, 3.8) is 0 Å². The van der Waals surface area contributed by atoms with Crippen LogP contribution in [0.25, 0.3) is 0 Å². The molecule has 3 rings (SSSR count). The van der Waals surface area contributed by atoms with Crippen LogP contribution >= 0.6 is 0 Å². The summed E-state index contributed by atoms with van der Waals surface area (Å²) in [6.07, 6.45) is 0.0345. The second-order valence-corrected chi connectivity index (χ2v) is 6.88. The number of hydrogen-bond acceptors (Lipinski definition) is 7. The van der Waals surface area contributed by atoms with Crippen LogP contribution < -0.4 is 15.0 Å². The predicted octanol–water partition coefficient (Wildman–Crippen LogP) is 2.91. The van der Waals surface area contributed by atoms with Crippen molar-refractivity contribution in [2.24, 2.45) is 0 Å². The highest BCUT2D eigenvalue weighted by molar-refractivity contribution is 6.00. The molecule has 1 atom stereocenters. The minimum Gasteiger partial charge on any atom is -0.495 e. The number of ether oxygens (including phenoxy) is 2. The van der Waals surface area contributed by atoms with Gasteiger partial charge in [-0.3, -0.25) is 19.7 Å². The second kappa shape index (κ2) is 9.24. The molecule has 0 aliphatic carbocycles. The molecule has 0 saturated carbocycles. The molecule has 0 aromatic heterocycles. The number of hydrogen-bond donors (Lipinski definition) is 1. The molecule has 0 spiro atoms. The third kappa shape index (κ3) is 4.97. The molecule has 0 radical (unpaired) electrons. The fourth-order valence-corrected chi connectivity index (χ4v) is 3.15. The van der Waals surface area contributed by atoms with Gasteiger partial charge in [0.2, 0.25) is 5.91 Å². The maximum absolute atomic E-state index is 12.5. The number of methoxy groups -OCH3 is 1. The summed E-state index contributed by atoms with van der Waals surface area (Å²) in [7, 11) is 1.36. The van der Waals surface area contributed by atoms with Gasteiger partial charge < -0.3 is 19.7 Å². The maximum Gasteiger partial charge on any atom is 0.338 e. The van der Waals surface area contributed by atoms with Crippen molar-refractivity contribution in [1.29, 1.82) is 0 Å². The molecule has 31 heavy (non-hydrogen) atoms. The van der Waals surface area contributed by atoms with Crippen molar-refractivity contribution < 1.29 is 28.8 Å². The van der Waals surface area contributed by atoms with Crippen LogP contribution in [0, 0.1) is 10.1 Å². The normalized spacial score (nSPS) is 14.1. The minimum absolute atomic E-state index is 0.0100. The number of nitro benzene ring substituents is 1. The highest BCUT2D eigenvalue weighted by atomic mass is 16.6. The quantitative estimate of drug-likeness (QED) is 0.409. The summed E-state index contributed by atoms with van der Waals surface area (Å²) in [6, 6.07) is 10.2. The first-order valence-corrected chi connectivity index (χ1v) is 9.55. The Morgan fingerprint density at radius 1 is 1.23 bits per heavy atom. The van der Waals surface area contributed by atoms with Crippen LogP contribution in [0.5, 0.6) is 5.75 Å². The highest BCUT2D eigenvalue weighted by Gasteiger charge is 2.24. The molecule has 1 saturated heterocycles. The number of benzene rings is 2. The van der Waals surface area contributed by atoms with E-state index in [1.54, 1.807) is 23.1 Å². The zero-order valence-corrected chi connectivity index (χ0v) is 17.0. The van der Waals surface area contributed by atoms with E-state index < -0.39 is 22.9 Å². The van der Waals surface area contributed by atoms with Gasteiger partial charge in [-0.05, 0) is 37.6 Å². The van der Waals surface area contributed by atoms with Gasteiger partial charge in [0.25, 0.3) is 11.6 Å². The lowest BCUT2D eigenvalue weighted by Gasteiger charge is -2.17. The number of nitrogens with one attached hydrogen (secondary N) is 1. The summed E-state index contributed by atoms with van der Waals surface area (Å²) in [5, 5.41) is 13.5. The lowest BCUT2D eigenvalue weighted by molar-refractivity contribution is -0.384.